The van der Waals surface area contributed by atoms with Gasteiger partial charge in [-0.05, 0) is 42.7 Å². The van der Waals surface area contributed by atoms with Crippen molar-refractivity contribution in [2.24, 2.45) is 0 Å². The van der Waals surface area contributed by atoms with E-state index in [9.17, 15) is 13.2 Å². The average molecular weight is 400 g/mol. The van der Waals surface area contributed by atoms with Crippen LogP contribution < -0.4 is 4.74 Å². The van der Waals surface area contributed by atoms with E-state index in [0.29, 0.717) is 18.7 Å². The van der Waals surface area contributed by atoms with Crippen LogP contribution in [0.15, 0.2) is 54.6 Å². The van der Waals surface area contributed by atoms with Gasteiger partial charge in [-0.1, -0.05) is 42.0 Å². The first-order chi connectivity index (χ1) is 13.4. The number of rotatable bonds is 6. The number of nitrogens with zero attached hydrogens (tertiary/aromatic N) is 1. The van der Waals surface area contributed by atoms with Crippen LogP contribution in [-0.2, 0) is 21.2 Å². The standard InChI is InChI=1S/C22H25NO4S/c1-17-6-8-18(9-7-17)10-11-22(24)23(20-12-13-28(25,26)16-20)15-19-4-3-5-21(14-19)27-2/h3-11,14,20H,12-13,15-16H2,1-2H3/b11-10+/t20-/m0/s1. The lowest BCUT2D eigenvalue weighted by molar-refractivity contribution is -0.128. The smallest absolute Gasteiger partial charge is 0.247 e. The maximum absolute atomic E-state index is 13.0. The lowest BCUT2D eigenvalue weighted by Crippen LogP contribution is -2.39. The summed E-state index contributed by atoms with van der Waals surface area (Å²) in [5.41, 5.74) is 2.99. The van der Waals surface area contributed by atoms with Gasteiger partial charge < -0.3 is 9.64 Å². The molecule has 0 radical (unpaired) electrons. The number of sulfone groups is 1. The molecule has 3 rings (SSSR count). The molecule has 1 aliphatic rings. The van der Waals surface area contributed by atoms with E-state index >= 15 is 0 Å². The van der Waals surface area contributed by atoms with Gasteiger partial charge in [0.05, 0.1) is 18.6 Å². The third-order valence-electron chi connectivity index (χ3n) is 4.92. The minimum atomic E-state index is -3.09. The van der Waals surface area contributed by atoms with Crippen molar-refractivity contribution in [2.75, 3.05) is 18.6 Å². The van der Waals surface area contributed by atoms with Crippen LogP contribution in [-0.4, -0.2) is 43.9 Å². The Bertz CT molecular complexity index is 964. The minimum Gasteiger partial charge on any atom is -0.497 e. The Labute approximate surface area is 166 Å². The van der Waals surface area contributed by atoms with Gasteiger partial charge in [-0.3, -0.25) is 4.79 Å². The molecule has 1 fully saturated rings. The fraction of sp³-hybridized carbons (Fsp3) is 0.318. The van der Waals surface area contributed by atoms with Crippen molar-refractivity contribution in [3.63, 3.8) is 0 Å². The second-order valence-electron chi connectivity index (χ2n) is 7.12. The first-order valence-electron chi connectivity index (χ1n) is 9.25. The van der Waals surface area contributed by atoms with E-state index in [1.807, 2.05) is 55.5 Å². The summed E-state index contributed by atoms with van der Waals surface area (Å²) in [7, 11) is -1.50. The quantitative estimate of drug-likeness (QED) is 0.700. The summed E-state index contributed by atoms with van der Waals surface area (Å²) >= 11 is 0. The van der Waals surface area contributed by atoms with Crippen LogP contribution in [0.5, 0.6) is 5.75 Å². The second kappa shape index (κ2) is 8.61. The Morgan fingerprint density at radius 3 is 2.61 bits per heavy atom. The molecule has 5 nitrogen and oxygen atoms in total. The van der Waals surface area contributed by atoms with Crippen molar-refractivity contribution in [2.45, 2.75) is 25.9 Å². The molecule has 1 saturated heterocycles. The van der Waals surface area contributed by atoms with Crippen LogP contribution in [0.4, 0.5) is 0 Å². The Hall–Kier alpha value is -2.60. The molecule has 28 heavy (non-hydrogen) atoms. The zero-order valence-corrected chi connectivity index (χ0v) is 17.0. The van der Waals surface area contributed by atoms with Crippen LogP contribution in [0.1, 0.15) is 23.1 Å². The van der Waals surface area contributed by atoms with Gasteiger partial charge in [0, 0.05) is 18.7 Å². The summed E-state index contributed by atoms with van der Waals surface area (Å²) in [4.78, 5) is 14.6. The van der Waals surface area contributed by atoms with Gasteiger partial charge in [0.1, 0.15) is 5.75 Å². The molecule has 0 saturated carbocycles. The topological polar surface area (TPSA) is 63.7 Å². The first kappa shape index (κ1) is 20.1. The molecule has 2 aromatic carbocycles. The molecule has 1 heterocycles. The number of hydrogen-bond acceptors (Lipinski definition) is 4. The highest BCUT2D eigenvalue weighted by molar-refractivity contribution is 7.91. The summed E-state index contributed by atoms with van der Waals surface area (Å²) in [6, 6.07) is 15.0. The van der Waals surface area contributed by atoms with Gasteiger partial charge in [-0.2, -0.15) is 0 Å². The number of amides is 1. The zero-order chi connectivity index (χ0) is 20.1. The predicted molar refractivity (Wildman–Crippen MR) is 111 cm³/mol. The number of aryl methyl sites for hydroxylation is 1. The average Bonchev–Trinajstić information content (AvgIpc) is 3.05. The SMILES string of the molecule is COc1cccc(CN(C(=O)/C=C/c2ccc(C)cc2)[C@H]2CCS(=O)(=O)C2)c1. The molecule has 0 aromatic heterocycles. The molecular formula is C22H25NO4S. The fourth-order valence-electron chi connectivity index (χ4n) is 3.32. The largest absolute Gasteiger partial charge is 0.497 e. The molecule has 1 amide bonds. The minimum absolute atomic E-state index is 0.0150. The van der Waals surface area contributed by atoms with E-state index < -0.39 is 9.84 Å². The number of methoxy groups -OCH3 is 1. The van der Waals surface area contributed by atoms with E-state index in [2.05, 4.69) is 0 Å². The van der Waals surface area contributed by atoms with Crippen molar-refractivity contribution < 1.29 is 17.9 Å². The second-order valence-corrected chi connectivity index (χ2v) is 9.35. The Kier molecular flexibility index (Phi) is 6.19. The highest BCUT2D eigenvalue weighted by atomic mass is 32.2. The predicted octanol–water partition coefficient (Wildman–Crippen LogP) is 3.23. The third kappa shape index (κ3) is 5.23. The van der Waals surface area contributed by atoms with Crippen molar-refractivity contribution >= 4 is 21.8 Å². The zero-order valence-electron chi connectivity index (χ0n) is 16.2. The van der Waals surface area contributed by atoms with Gasteiger partial charge in [0.2, 0.25) is 5.91 Å². The van der Waals surface area contributed by atoms with Crippen LogP contribution in [0, 0.1) is 6.92 Å². The summed E-state index contributed by atoms with van der Waals surface area (Å²) in [6.45, 7) is 2.35. The lowest BCUT2D eigenvalue weighted by Gasteiger charge is -2.27. The van der Waals surface area contributed by atoms with E-state index in [1.165, 1.54) is 6.08 Å². The first-order valence-corrected chi connectivity index (χ1v) is 11.1. The highest BCUT2D eigenvalue weighted by Crippen LogP contribution is 2.22. The molecule has 0 N–H and O–H groups in total. The molecule has 0 spiro atoms. The van der Waals surface area contributed by atoms with Crippen molar-refractivity contribution in [1.82, 2.24) is 4.90 Å². The molecule has 148 valence electrons. The van der Waals surface area contributed by atoms with E-state index in [1.54, 1.807) is 18.1 Å². The fourth-order valence-corrected chi connectivity index (χ4v) is 5.05. The summed E-state index contributed by atoms with van der Waals surface area (Å²) in [5.74, 6) is 0.659. The van der Waals surface area contributed by atoms with Crippen LogP contribution in [0.25, 0.3) is 6.08 Å². The highest BCUT2D eigenvalue weighted by Gasteiger charge is 2.34. The molecule has 0 unspecified atom stereocenters. The van der Waals surface area contributed by atoms with Crippen LogP contribution in [0.3, 0.4) is 0 Å². The molecule has 2 aromatic rings. The van der Waals surface area contributed by atoms with Gasteiger partial charge in [-0.15, -0.1) is 0 Å². The van der Waals surface area contributed by atoms with E-state index in [-0.39, 0.29) is 23.5 Å². The van der Waals surface area contributed by atoms with Crippen molar-refractivity contribution in [3.8, 4) is 5.75 Å². The molecule has 1 aliphatic heterocycles. The summed E-state index contributed by atoms with van der Waals surface area (Å²) in [6.07, 6.45) is 3.76. The van der Waals surface area contributed by atoms with Gasteiger partial charge in [0.25, 0.3) is 0 Å². The molecule has 6 heteroatoms. The van der Waals surface area contributed by atoms with Crippen LogP contribution in [0.2, 0.25) is 0 Å². The van der Waals surface area contributed by atoms with Crippen molar-refractivity contribution in [1.29, 1.82) is 0 Å². The number of carbonyl (C=O) groups is 1. The van der Waals surface area contributed by atoms with Gasteiger partial charge in [0.15, 0.2) is 9.84 Å². The van der Waals surface area contributed by atoms with Gasteiger partial charge >= 0.3 is 0 Å². The maximum atomic E-state index is 13.0. The van der Waals surface area contributed by atoms with Crippen molar-refractivity contribution in [3.05, 3.63) is 71.3 Å². The third-order valence-corrected chi connectivity index (χ3v) is 6.67. The molecule has 1 atom stereocenters. The van der Waals surface area contributed by atoms with Crippen LogP contribution >= 0.6 is 0 Å². The number of ether oxygens (including phenoxy) is 1. The Balaban J connectivity index is 1.82. The monoisotopic (exact) mass is 399 g/mol. The maximum Gasteiger partial charge on any atom is 0.247 e. The Morgan fingerprint density at radius 1 is 1.21 bits per heavy atom. The van der Waals surface area contributed by atoms with E-state index in [4.69, 9.17) is 4.74 Å². The van der Waals surface area contributed by atoms with Gasteiger partial charge in [-0.25, -0.2) is 8.42 Å². The Morgan fingerprint density at radius 2 is 1.96 bits per heavy atom. The number of carbonyl (C=O) groups excluding carboxylic acids is 1. The molecular weight excluding hydrogens is 374 g/mol. The summed E-state index contributed by atoms with van der Waals surface area (Å²) in [5, 5.41) is 0. The normalized spacial score (nSPS) is 18.3. The van der Waals surface area contributed by atoms with E-state index in [0.717, 1.165) is 16.7 Å². The summed E-state index contributed by atoms with van der Waals surface area (Å²) < 4.78 is 29.2. The lowest BCUT2D eigenvalue weighted by atomic mass is 10.1. The number of hydrogen-bond donors (Lipinski definition) is 0. The molecule has 0 bridgehead atoms. The molecule has 0 aliphatic carbocycles. The number of benzene rings is 2.